The van der Waals surface area contributed by atoms with Crippen molar-refractivity contribution in [3.63, 3.8) is 0 Å². The van der Waals surface area contributed by atoms with Crippen LogP contribution in [0.25, 0.3) is 0 Å². The maximum absolute atomic E-state index is 5.89. The lowest BCUT2D eigenvalue weighted by molar-refractivity contribution is 0.795. The van der Waals surface area contributed by atoms with Crippen LogP contribution in [0.4, 0.5) is 5.95 Å². The third kappa shape index (κ3) is 5.32. The second-order valence-corrected chi connectivity index (χ2v) is 8.38. The van der Waals surface area contributed by atoms with E-state index in [1.54, 1.807) is 12.1 Å². The molecule has 4 nitrogen and oxygen atoms in total. The summed E-state index contributed by atoms with van der Waals surface area (Å²) in [5.74, 6) is 0.440. The van der Waals surface area contributed by atoms with Gasteiger partial charge in [-0.25, -0.2) is 4.98 Å². The van der Waals surface area contributed by atoms with E-state index in [4.69, 9.17) is 46.4 Å². The monoisotopic (exact) mass is 396 g/mol. The third-order valence-corrected chi connectivity index (χ3v) is 3.94. The lowest BCUT2D eigenvalue weighted by atomic mass is 10.4. The molecule has 2 rings (SSSR count). The number of benzene rings is 1. The van der Waals surface area contributed by atoms with E-state index >= 15 is 0 Å². The second kappa shape index (κ2) is 7.41. The highest BCUT2D eigenvalue weighted by molar-refractivity contribution is 7.99. The molecule has 1 aromatic carbocycles. The zero-order valence-corrected chi connectivity index (χ0v) is 15.5. The van der Waals surface area contributed by atoms with Crippen LogP contribution < -0.4 is 5.32 Å². The van der Waals surface area contributed by atoms with E-state index in [1.807, 2.05) is 26.0 Å². The maximum Gasteiger partial charge on any atom is 0.250 e. The van der Waals surface area contributed by atoms with Crippen molar-refractivity contribution in [1.82, 2.24) is 15.0 Å². The Labute approximate surface area is 152 Å². The highest BCUT2D eigenvalue weighted by atomic mass is 35.6. The number of rotatable bonds is 4. The Kier molecular flexibility index (Phi) is 6.02. The SMILES string of the molecule is CC(C)Nc1nc(Sc2ccc(Cl)cc2)nc(C(Cl)(Cl)Cl)n1. The van der Waals surface area contributed by atoms with Crippen LogP contribution in [0.1, 0.15) is 19.7 Å². The molecule has 0 atom stereocenters. The number of hydrogen-bond acceptors (Lipinski definition) is 5. The van der Waals surface area contributed by atoms with E-state index in [0.29, 0.717) is 16.1 Å². The van der Waals surface area contributed by atoms with Crippen molar-refractivity contribution in [3.8, 4) is 0 Å². The minimum absolute atomic E-state index is 0.0760. The van der Waals surface area contributed by atoms with Crippen molar-refractivity contribution in [2.45, 2.75) is 33.7 Å². The Morgan fingerprint density at radius 1 is 1.05 bits per heavy atom. The molecule has 0 spiro atoms. The van der Waals surface area contributed by atoms with Gasteiger partial charge in [-0.15, -0.1) is 0 Å². The van der Waals surface area contributed by atoms with Gasteiger partial charge in [-0.1, -0.05) is 46.4 Å². The van der Waals surface area contributed by atoms with Gasteiger partial charge in [0.25, 0.3) is 0 Å². The lowest BCUT2D eigenvalue weighted by Gasteiger charge is -2.14. The number of halogens is 4. The van der Waals surface area contributed by atoms with Gasteiger partial charge in [-0.05, 0) is 49.9 Å². The summed E-state index contributed by atoms with van der Waals surface area (Å²) in [4.78, 5) is 13.6. The fourth-order valence-electron chi connectivity index (χ4n) is 1.46. The van der Waals surface area contributed by atoms with Crippen molar-refractivity contribution in [2.24, 2.45) is 0 Å². The Morgan fingerprint density at radius 2 is 1.68 bits per heavy atom. The highest BCUT2D eigenvalue weighted by Gasteiger charge is 2.28. The van der Waals surface area contributed by atoms with Crippen molar-refractivity contribution in [2.75, 3.05) is 5.32 Å². The normalized spacial score (nSPS) is 11.8. The minimum Gasteiger partial charge on any atom is -0.352 e. The minimum atomic E-state index is -1.72. The molecule has 0 fully saturated rings. The summed E-state index contributed by atoms with van der Waals surface area (Å²) in [7, 11) is 0. The van der Waals surface area contributed by atoms with Gasteiger partial charge in [-0.2, -0.15) is 9.97 Å². The van der Waals surface area contributed by atoms with Gasteiger partial charge in [0.2, 0.25) is 9.74 Å². The van der Waals surface area contributed by atoms with Crippen LogP contribution in [-0.2, 0) is 3.79 Å². The molecule has 0 aliphatic rings. The van der Waals surface area contributed by atoms with Gasteiger partial charge in [-0.3, -0.25) is 0 Å². The van der Waals surface area contributed by atoms with E-state index in [-0.39, 0.29) is 11.9 Å². The molecule has 22 heavy (non-hydrogen) atoms. The topological polar surface area (TPSA) is 50.7 Å². The largest absolute Gasteiger partial charge is 0.352 e. The summed E-state index contributed by atoms with van der Waals surface area (Å²) >= 11 is 24.9. The summed E-state index contributed by atoms with van der Waals surface area (Å²) < 4.78 is -1.72. The van der Waals surface area contributed by atoms with Gasteiger partial charge >= 0.3 is 0 Å². The molecule has 0 radical (unpaired) electrons. The molecule has 0 bridgehead atoms. The first-order valence-corrected chi connectivity index (χ1v) is 8.60. The highest BCUT2D eigenvalue weighted by Crippen LogP contribution is 2.37. The van der Waals surface area contributed by atoms with Gasteiger partial charge in [0, 0.05) is 16.0 Å². The molecule has 0 saturated carbocycles. The summed E-state index contributed by atoms with van der Waals surface area (Å²) in [6.07, 6.45) is 0. The van der Waals surface area contributed by atoms with Crippen LogP contribution >= 0.6 is 58.2 Å². The molecule has 1 N–H and O–H groups in total. The number of anilines is 1. The summed E-state index contributed by atoms with van der Waals surface area (Å²) in [6.45, 7) is 3.93. The molecular formula is C13H12Cl4N4S. The number of nitrogens with zero attached hydrogens (tertiary/aromatic N) is 3. The van der Waals surface area contributed by atoms with Crippen LogP contribution in [0.3, 0.4) is 0 Å². The van der Waals surface area contributed by atoms with Crippen molar-refractivity contribution in [1.29, 1.82) is 0 Å². The van der Waals surface area contributed by atoms with Gasteiger partial charge < -0.3 is 5.32 Å². The Bertz CT molecular complexity index is 643. The van der Waals surface area contributed by atoms with E-state index in [9.17, 15) is 0 Å². The third-order valence-electron chi connectivity index (χ3n) is 2.31. The van der Waals surface area contributed by atoms with E-state index in [1.165, 1.54) is 11.8 Å². The zero-order valence-electron chi connectivity index (χ0n) is 11.6. The van der Waals surface area contributed by atoms with Crippen LogP contribution in [-0.4, -0.2) is 21.0 Å². The molecule has 118 valence electrons. The molecule has 1 aromatic heterocycles. The number of nitrogens with one attached hydrogen (secondary N) is 1. The van der Waals surface area contributed by atoms with Gasteiger partial charge in [0.1, 0.15) is 0 Å². The molecule has 0 unspecified atom stereocenters. The molecule has 0 aliphatic carbocycles. The Balaban J connectivity index is 2.34. The van der Waals surface area contributed by atoms with Gasteiger partial charge in [0.05, 0.1) is 0 Å². The summed E-state index contributed by atoms with van der Waals surface area (Å²) in [6, 6.07) is 7.43. The van der Waals surface area contributed by atoms with Crippen molar-refractivity contribution < 1.29 is 0 Å². The molecule has 0 aliphatic heterocycles. The molecule has 0 amide bonds. The Hall–Kier alpha value is -0.460. The van der Waals surface area contributed by atoms with Gasteiger partial charge in [0.15, 0.2) is 11.0 Å². The standard InChI is InChI=1S/C13H12Cl4N4S/c1-7(2)18-11-19-10(13(15,16)17)20-12(21-11)22-9-5-3-8(14)4-6-9/h3-7H,1-2H3,(H,18,19,20,21). The molecule has 9 heteroatoms. The first-order chi connectivity index (χ1) is 10.2. The van der Waals surface area contributed by atoms with E-state index < -0.39 is 3.79 Å². The number of hydrogen-bond donors (Lipinski definition) is 1. The van der Waals surface area contributed by atoms with Crippen LogP contribution in [0.5, 0.6) is 0 Å². The van der Waals surface area contributed by atoms with Crippen LogP contribution in [0.15, 0.2) is 34.3 Å². The molecule has 1 heterocycles. The van der Waals surface area contributed by atoms with E-state index in [2.05, 4.69) is 20.3 Å². The lowest BCUT2D eigenvalue weighted by Crippen LogP contribution is -2.17. The van der Waals surface area contributed by atoms with Crippen LogP contribution in [0.2, 0.25) is 5.02 Å². The summed E-state index contributed by atoms with van der Waals surface area (Å²) in [5.41, 5.74) is 0. The number of aromatic nitrogens is 3. The fourth-order valence-corrected chi connectivity index (χ4v) is 2.59. The number of alkyl halides is 3. The predicted octanol–water partition coefficient (Wildman–Crippen LogP) is 5.32. The first-order valence-electron chi connectivity index (χ1n) is 6.27. The average molecular weight is 398 g/mol. The smallest absolute Gasteiger partial charge is 0.250 e. The second-order valence-electron chi connectivity index (χ2n) is 4.62. The molecular weight excluding hydrogens is 386 g/mol. The van der Waals surface area contributed by atoms with Crippen molar-refractivity contribution >= 4 is 64.1 Å². The van der Waals surface area contributed by atoms with E-state index in [0.717, 1.165) is 4.90 Å². The first kappa shape index (κ1) is 17.9. The molecule has 2 aromatic rings. The van der Waals surface area contributed by atoms with Crippen LogP contribution in [0, 0.1) is 0 Å². The summed E-state index contributed by atoms with van der Waals surface area (Å²) in [5, 5.41) is 4.17. The quantitative estimate of drug-likeness (QED) is 0.707. The zero-order chi connectivity index (χ0) is 16.3. The predicted molar refractivity (Wildman–Crippen MR) is 93.4 cm³/mol. The molecule has 0 saturated heterocycles. The maximum atomic E-state index is 5.89. The Morgan fingerprint density at radius 3 is 2.23 bits per heavy atom. The fraction of sp³-hybridized carbons (Fsp3) is 0.308. The van der Waals surface area contributed by atoms with Crippen molar-refractivity contribution in [3.05, 3.63) is 35.1 Å². The average Bonchev–Trinajstić information content (AvgIpc) is 2.39.